The van der Waals surface area contributed by atoms with Crippen molar-refractivity contribution in [3.05, 3.63) is 107 Å². The van der Waals surface area contributed by atoms with E-state index < -0.39 is 0 Å². The molecular formula is C26H21NS. The third-order valence-electron chi connectivity index (χ3n) is 5.61. The summed E-state index contributed by atoms with van der Waals surface area (Å²) in [7, 11) is 0. The Bertz CT molecular complexity index is 1150. The summed E-state index contributed by atoms with van der Waals surface area (Å²) in [5, 5.41) is 0. The van der Waals surface area contributed by atoms with E-state index in [1.165, 1.54) is 44.5 Å². The summed E-state index contributed by atoms with van der Waals surface area (Å²) in [4.78, 5) is 0.944. The zero-order chi connectivity index (χ0) is 19.1. The van der Waals surface area contributed by atoms with Crippen LogP contribution in [-0.2, 0) is 12.8 Å². The smallest absolute Gasteiger partial charge is 0.0407 e. The second-order valence-electron chi connectivity index (χ2n) is 7.39. The first kappa shape index (κ1) is 17.2. The standard InChI is InChI=1S/C13H11NS.C13H10/c14-12-7-10(15)6-9-5-8-3-1-2-4-11(8)13(9)12;1-3-7-12-10(5-1)9-11-6-2-4-8-13(11)12/h1-4,6-7,15H,5,14H2;1-8H,9H2. The van der Waals surface area contributed by atoms with E-state index in [9.17, 15) is 0 Å². The van der Waals surface area contributed by atoms with Crippen LogP contribution in [0.3, 0.4) is 0 Å². The third-order valence-corrected chi connectivity index (χ3v) is 5.87. The number of anilines is 1. The molecule has 0 bridgehead atoms. The number of nitrogen functional groups attached to an aromatic ring is 1. The van der Waals surface area contributed by atoms with Gasteiger partial charge in [-0.25, -0.2) is 0 Å². The number of nitrogens with two attached hydrogens (primary N) is 1. The maximum atomic E-state index is 6.04. The Morgan fingerprint density at radius 3 is 1.64 bits per heavy atom. The van der Waals surface area contributed by atoms with Gasteiger partial charge in [-0.1, -0.05) is 72.8 Å². The SMILES string of the molecule is Nc1cc(S)cc2c1-c1ccccc1C2.c1ccc2c(c1)Cc1ccccc1-2. The highest BCUT2D eigenvalue weighted by Crippen LogP contribution is 2.41. The second-order valence-corrected chi connectivity index (χ2v) is 7.91. The van der Waals surface area contributed by atoms with Gasteiger partial charge in [0.15, 0.2) is 0 Å². The van der Waals surface area contributed by atoms with E-state index in [1.807, 2.05) is 6.07 Å². The molecule has 0 aliphatic heterocycles. The fourth-order valence-electron chi connectivity index (χ4n) is 4.38. The van der Waals surface area contributed by atoms with Crippen LogP contribution in [0.15, 0.2) is 89.8 Å². The lowest BCUT2D eigenvalue weighted by Gasteiger charge is -2.06. The van der Waals surface area contributed by atoms with Crippen LogP contribution in [0.4, 0.5) is 5.69 Å². The second kappa shape index (κ2) is 6.88. The molecule has 0 fully saturated rings. The summed E-state index contributed by atoms with van der Waals surface area (Å²) in [6.07, 6.45) is 2.08. The minimum atomic E-state index is 0.836. The van der Waals surface area contributed by atoms with Crippen molar-refractivity contribution in [2.45, 2.75) is 17.7 Å². The zero-order valence-corrected chi connectivity index (χ0v) is 16.4. The maximum Gasteiger partial charge on any atom is 0.0407 e. The number of thiol groups is 1. The summed E-state index contributed by atoms with van der Waals surface area (Å²) in [6, 6.07) is 29.8. The Hall–Kier alpha value is -2.97. The van der Waals surface area contributed by atoms with Gasteiger partial charge in [0.1, 0.15) is 0 Å². The molecule has 1 nitrogen and oxygen atoms in total. The number of fused-ring (bicyclic) bond motifs is 6. The molecule has 2 N–H and O–H groups in total. The van der Waals surface area contributed by atoms with Gasteiger partial charge in [0.05, 0.1) is 0 Å². The van der Waals surface area contributed by atoms with Gasteiger partial charge in [-0.15, -0.1) is 12.6 Å². The van der Waals surface area contributed by atoms with Crippen LogP contribution in [0.5, 0.6) is 0 Å². The van der Waals surface area contributed by atoms with E-state index in [4.69, 9.17) is 5.73 Å². The number of hydrogen-bond donors (Lipinski definition) is 2. The largest absolute Gasteiger partial charge is 0.398 e. The predicted molar refractivity (Wildman–Crippen MR) is 121 cm³/mol. The molecule has 0 aromatic heterocycles. The quantitative estimate of drug-likeness (QED) is 0.232. The highest BCUT2D eigenvalue weighted by Gasteiger charge is 2.20. The molecule has 136 valence electrons. The van der Waals surface area contributed by atoms with E-state index >= 15 is 0 Å². The van der Waals surface area contributed by atoms with Crippen molar-refractivity contribution in [2.75, 3.05) is 5.73 Å². The molecule has 0 spiro atoms. The lowest BCUT2D eigenvalue weighted by Crippen LogP contribution is -1.90. The molecule has 2 aliphatic rings. The minimum absolute atomic E-state index is 0.836. The van der Waals surface area contributed by atoms with Crippen LogP contribution in [0.1, 0.15) is 22.3 Å². The van der Waals surface area contributed by atoms with E-state index in [-0.39, 0.29) is 0 Å². The number of benzene rings is 4. The Balaban J connectivity index is 0.000000123. The molecule has 6 rings (SSSR count). The van der Waals surface area contributed by atoms with Gasteiger partial charge in [0.25, 0.3) is 0 Å². The van der Waals surface area contributed by atoms with Gasteiger partial charge >= 0.3 is 0 Å². The molecule has 0 amide bonds. The minimum Gasteiger partial charge on any atom is -0.398 e. The normalized spacial score (nSPS) is 12.3. The highest BCUT2D eigenvalue weighted by molar-refractivity contribution is 7.80. The first-order chi connectivity index (χ1) is 13.7. The molecule has 0 radical (unpaired) electrons. The topological polar surface area (TPSA) is 26.0 Å². The molecule has 0 saturated heterocycles. The lowest BCUT2D eigenvalue weighted by molar-refractivity contribution is 1.24. The first-order valence-corrected chi connectivity index (χ1v) is 10.0. The molecule has 2 heteroatoms. The molecule has 0 heterocycles. The monoisotopic (exact) mass is 379 g/mol. The van der Waals surface area contributed by atoms with Crippen molar-refractivity contribution in [3.63, 3.8) is 0 Å². The highest BCUT2D eigenvalue weighted by atomic mass is 32.1. The van der Waals surface area contributed by atoms with Crippen molar-refractivity contribution in [1.29, 1.82) is 0 Å². The van der Waals surface area contributed by atoms with E-state index in [1.54, 1.807) is 0 Å². The van der Waals surface area contributed by atoms with Crippen LogP contribution in [0.25, 0.3) is 22.3 Å². The fourth-order valence-corrected chi connectivity index (χ4v) is 4.68. The van der Waals surface area contributed by atoms with Crippen LogP contribution in [0.2, 0.25) is 0 Å². The van der Waals surface area contributed by atoms with Crippen molar-refractivity contribution in [1.82, 2.24) is 0 Å². The lowest BCUT2D eigenvalue weighted by atomic mass is 10.0. The molecule has 0 unspecified atom stereocenters. The zero-order valence-electron chi connectivity index (χ0n) is 15.5. The summed E-state index contributed by atoms with van der Waals surface area (Å²) < 4.78 is 0. The first-order valence-electron chi connectivity index (χ1n) is 9.56. The predicted octanol–water partition coefficient (Wildman–Crippen LogP) is 6.39. The number of rotatable bonds is 0. The maximum absolute atomic E-state index is 6.04. The Labute approximate surface area is 171 Å². The van der Waals surface area contributed by atoms with Gasteiger partial charge < -0.3 is 5.73 Å². The van der Waals surface area contributed by atoms with Crippen LogP contribution >= 0.6 is 12.6 Å². The van der Waals surface area contributed by atoms with Crippen LogP contribution < -0.4 is 5.73 Å². The van der Waals surface area contributed by atoms with Gasteiger partial charge in [0.2, 0.25) is 0 Å². The number of hydrogen-bond acceptors (Lipinski definition) is 2. The van der Waals surface area contributed by atoms with Gasteiger partial charge in [0, 0.05) is 16.1 Å². The Kier molecular flexibility index (Phi) is 4.22. The fraction of sp³-hybridized carbons (Fsp3) is 0.0769. The van der Waals surface area contributed by atoms with Gasteiger partial charge in [-0.05, 0) is 63.9 Å². The summed E-state index contributed by atoms with van der Waals surface area (Å²) in [6.45, 7) is 0. The van der Waals surface area contributed by atoms with Gasteiger partial charge in [-0.3, -0.25) is 0 Å². The van der Waals surface area contributed by atoms with Crippen LogP contribution in [-0.4, -0.2) is 0 Å². The molecular weight excluding hydrogens is 358 g/mol. The van der Waals surface area contributed by atoms with E-state index in [2.05, 4.69) is 91.5 Å². The average Bonchev–Trinajstić information content (AvgIpc) is 3.26. The molecule has 0 saturated carbocycles. The Morgan fingerprint density at radius 2 is 1.04 bits per heavy atom. The molecule has 4 aromatic rings. The van der Waals surface area contributed by atoms with Crippen molar-refractivity contribution >= 4 is 18.3 Å². The average molecular weight is 380 g/mol. The van der Waals surface area contributed by atoms with Crippen molar-refractivity contribution in [3.8, 4) is 22.3 Å². The molecule has 28 heavy (non-hydrogen) atoms. The third kappa shape index (κ3) is 2.90. The molecule has 2 aliphatic carbocycles. The summed E-state index contributed by atoms with van der Waals surface area (Å²) >= 11 is 4.35. The van der Waals surface area contributed by atoms with Crippen molar-refractivity contribution < 1.29 is 0 Å². The van der Waals surface area contributed by atoms with E-state index in [0.717, 1.165) is 23.4 Å². The molecule has 4 aromatic carbocycles. The summed E-state index contributed by atoms with van der Waals surface area (Å²) in [5.74, 6) is 0. The summed E-state index contributed by atoms with van der Waals surface area (Å²) in [5.41, 5.74) is 17.8. The van der Waals surface area contributed by atoms with Gasteiger partial charge in [-0.2, -0.15) is 0 Å². The molecule has 0 atom stereocenters. The van der Waals surface area contributed by atoms with Crippen molar-refractivity contribution in [2.24, 2.45) is 0 Å². The Morgan fingerprint density at radius 1 is 0.571 bits per heavy atom. The van der Waals surface area contributed by atoms with E-state index in [0.29, 0.717) is 0 Å². The van der Waals surface area contributed by atoms with Crippen LogP contribution in [0, 0.1) is 0 Å².